The Hall–Kier alpha value is -3.52. The van der Waals surface area contributed by atoms with Crippen LogP contribution in [0.25, 0.3) is 17.1 Å². The molecule has 3 aromatic heterocycles. The highest BCUT2D eigenvalue weighted by Gasteiger charge is 2.15. The molecule has 9 heteroatoms. The van der Waals surface area contributed by atoms with Crippen LogP contribution in [0.3, 0.4) is 0 Å². The van der Waals surface area contributed by atoms with Gasteiger partial charge in [0.15, 0.2) is 5.82 Å². The van der Waals surface area contributed by atoms with Gasteiger partial charge in [-0.05, 0) is 49.7 Å². The summed E-state index contributed by atoms with van der Waals surface area (Å²) in [6.45, 7) is 3.84. The van der Waals surface area contributed by atoms with E-state index in [0.717, 1.165) is 16.9 Å². The lowest BCUT2D eigenvalue weighted by atomic mass is 10.1. The summed E-state index contributed by atoms with van der Waals surface area (Å²) in [5.41, 5.74) is 3.64. The van der Waals surface area contributed by atoms with E-state index < -0.39 is 0 Å². The second-order valence-corrected chi connectivity index (χ2v) is 7.40. The summed E-state index contributed by atoms with van der Waals surface area (Å²) in [5, 5.41) is 12.1. The van der Waals surface area contributed by atoms with E-state index in [1.54, 1.807) is 31.6 Å². The first kappa shape index (κ1) is 20.7. The van der Waals surface area contributed by atoms with Crippen LogP contribution >= 0.6 is 11.6 Å². The molecule has 0 aliphatic rings. The van der Waals surface area contributed by atoms with Crippen LogP contribution in [0.4, 0.5) is 10.2 Å². The second kappa shape index (κ2) is 8.69. The van der Waals surface area contributed by atoms with E-state index in [1.165, 1.54) is 12.1 Å². The molecule has 4 rings (SSSR count). The van der Waals surface area contributed by atoms with Crippen molar-refractivity contribution < 1.29 is 9.13 Å². The molecule has 4 aromatic rings. The number of nitrogens with zero attached hydrogens (tertiary/aromatic N) is 5. The summed E-state index contributed by atoms with van der Waals surface area (Å²) in [7, 11) is 1.56. The summed E-state index contributed by atoms with van der Waals surface area (Å²) in [6.07, 6.45) is 3.59. The number of ether oxygens (including phenoxy) is 1. The largest absolute Gasteiger partial charge is 0.479 e. The van der Waals surface area contributed by atoms with Gasteiger partial charge in [-0.25, -0.2) is 14.4 Å². The smallest absolute Gasteiger partial charge is 0.238 e. The van der Waals surface area contributed by atoms with Gasteiger partial charge in [0.05, 0.1) is 35.9 Å². The fourth-order valence-electron chi connectivity index (χ4n) is 3.11. The van der Waals surface area contributed by atoms with E-state index in [4.69, 9.17) is 16.3 Å². The minimum absolute atomic E-state index is 0.130. The van der Waals surface area contributed by atoms with E-state index in [-0.39, 0.29) is 11.9 Å². The predicted molar refractivity (Wildman–Crippen MR) is 117 cm³/mol. The van der Waals surface area contributed by atoms with Crippen molar-refractivity contribution in [3.05, 3.63) is 77.1 Å². The van der Waals surface area contributed by atoms with Gasteiger partial charge in [0, 0.05) is 6.20 Å². The molecule has 31 heavy (non-hydrogen) atoms. The Morgan fingerprint density at radius 2 is 1.87 bits per heavy atom. The van der Waals surface area contributed by atoms with Gasteiger partial charge in [0.2, 0.25) is 5.88 Å². The monoisotopic (exact) mass is 438 g/mol. The molecule has 1 atom stereocenters. The number of nitrogens with one attached hydrogen (secondary N) is 1. The molecule has 0 bridgehead atoms. The lowest BCUT2D eigenvalue weighted by molar-refractivity contribution is 0.396. The normalized spacial score (nSPS) is 11.9. The summed E-state index contributed by atoms with van der Waals surface area (Å²) < 4.78 is 20.4. The average molecular weight is 439 g/mol. The first-order valence-corrected chi connectivity index (χ1v) is 9.94. The van der Waals surface area contributed by atoms with E-state index >= 15 is 0 Å². The molecule has 0 amide bonds. The van der Waals surface area contributed by atoms with Gasteiger partial charge in [-0.3, -0.25) is 0 Å². The van der Waals surface area contributed by atoms with Crippen LogP contribution in [-0.2, 0) is 0 Å². The fourth-order valence-corrected chi connectivity index (χ4v) is 3.30. The standard InChI is InChI=1S/C22H20ClFN6O/c1-13-11-30(12-25-13)20-9-8-18(27-22(20)31-3)19-10-17(23)21(29-28-19)26-14(2)15-4-6-16(24)7-5-15/h4-12,14H,1-3H3,(H,26,29)/t14-/m0/s1. The second-order valence-electron chi connectivity index (χ2n) is 6.99. The minimum Gasteiger partial charge on any atom is -0.479 e. The van der Waals surface area contributed by atoms with E-state index in [0.29, 0.717) is 28.1 Å². The number of imidazole rings is 1. The van der Waals surface area contributed by atoms with Crippen molar-refractivity contribution in [2.24, 2.45) is 0 Å². The van der Waals surface area contributed by atoms with Gasteiger partial charge in [-0.2, -0.15) is 0 Å². The van der Waals surface area contributed by atoms with Gasteiger partial charge < -0.3 is 14.6 Å². The SMILES string of the molecule is COc1nc(-c2cc(Cl)c(N[C@@H](C)c3ccc(F)cc3)nn2)ccc1-n1cnc(C)c1. The summed E-state index contributed by atoms with van der Waals surface area (Å²) in [5.74, 6) is 0.579. The quantitative estimate of drug-likeness (QED) is 0.456. The molecule has 158 valence electrons. The van der Waals surface area contributed by atoms with Crippen molar-refractivity contribution in [1.82, 2.24) is 24.7 Å². The number of halogens is 2. The highest BCUT2D eigenvalue weighted by molar-refractivity contribution is 6.33. The first-order chi connectivity index (χ1) is 14.9. The minimum atomic E-state index is -0.282. The Labute approximate surface area is 183 Å². The zero-order valence-electron chi connectivity index (χ0n) is 17.2. The maximum Gasteiger partial charge on any atom is 0.238 e. The third-order valence-electron chi connectivity index (χ3n) is 4.76. The Morgan fingerprint density at radius 3 is 2.52 bits per heavy atom. The lowest BCUT2D eigenvalue weighted by Gasteiger charge is -2.16. The Morgan fingerprint density at radius 1 is 1.10 bits per heavy atom. The van der Waals surface area contributed by atoms with Crippen molar-refractivity contribution in [1.29, 1.82) is 0 Å². The number of anilines is 1. The van der Waals surface area contributed by atoms with Crippen molar-refractivity contribution in [3.63, 3.8) is 0 Å². The van der Waals surface area contributed by atoms with E-state index in [1.807, 2.05) is 36.7 Å². The molecule has 0 aliphatic carbocycles. The number of hydrogen-bond acceptors (Lipinski definition) is 6. The van der Waals surface area contributed by atoms with Crippen LogP contribution < -0.4 is 10.1 Å². The molecular formula is C22H20ClFN6O. The Bertz CT molecular complexity index is 1210. The third kappa shape index (κ3) is 4.49. The summed E-state index contributed by atoms with van der Waals surface area (Å²) >= 11 is 6.44. The number of pyridine rings is 1. The first-order valence-electron chi connectivity index (χ1n) is 9.56. The fraction of sp³-hybridized carbons (Fsp3) is 0.182. The molecule has 0 spiro atoms. The average Bonchev–Trinajstić information content (AvgIpc) is 3.21. The van der Waals surface area contributed by atoms with Crippen LogP contribution in [0.15, 0.2) is 55.0 Å². The van der Waals surface area contributed by atoms with Crippen LogP contribution in [0.1, 0.15) is 24.2 Å². The molecule has 1 N–H and O–H groups in total. The zero-order chi connectivity index (χ0) is 22.0. The van der Waals surface area contributed by atoms with Crippen LogP contribution in [0.5, 0.6) is 5.88 Å². The number of aryl methyl sites for hydroxylation is 1. The molecule has 0 saturated carbocycles. The van der Waals surface area contributed by atoms with Crippen molar-refractivity contribution in [2.75, 3.05) is 12.4 Å². The van der Waals surface area contributed by atoms with Gasteiger partial charge in [-0.1, -0.05) is 23.7 Å². The molecule has 3 heterocycles. The number of benzene rings is 1. The maximum atomic E-state index is 13.1. The van der Waals surface area contributed by atoms with Crippen LogP contribution in [-0.4, -0.2) is 31.8 Å². The molecule has 1 aromatic carbocycles. The van der Waals surface area contributed by atoms with Crippen molar-refractivity contribution in [2.45, 2.75) is 19.9 Å². The Kier molecular flexibility index (Phi) is 5.81. The highest BCUT2D eigenvalue weighted by Crippen LogP contribution is 2.29. The number of rotatable bonds is 6. The van der Waals surface area contributed by atoms with Gasteiger partial charge in [-0.15, -0.1) is 10.2 Å². The van der Waals surface area contributed by atoms with E-state index in [9.17, 15) is 4.39 Å². The number of hydrogen-bond donors (Lipinski definition) is 1. The summed E-state index contributed by atoms with van der Waals surface area (Å²) in [4.78, 5) is 8.78. The molecule has 7 nitrogen and oxygen atoms in total. The summed E-state index contributed by atoms with van der Waals surface area (Å²) in [6, 6.07) is 11.5. The van der Waals surface area contributed by atoms with E-state index in [2.05, 4.69) is 25.5 Å². The number of aromatic nitrogens is 5. The Balaban J connectivity index is 1.58. The molecule has 0 fully saturated rings. The molecule has 0 unspecified atom stereocenters. The maximum absolute atomic E-state index is 13.1. The lowest BCUT2D eigenvalue weighted by Crippen LogP contribution is -2.09. The molecule has 0 aliphatic heterocycles. The number of methoxy groups -OCH3 is 1. The van der Waals surface area contributed by atoms with Crippen LogP contribution in [0, 0.1) is 12.7 Å². The van der Waals surface area contributed by atoms with Crippen molar-refractivity contribution >= 4 is 17.4 Å². The predicted octanol–water partition coefficient (Wildman–Crippen LogP) is 5.01. The van der Waals surface area contributed by atoms with Gasteiger partial charge >= 0.3 is 0 Å². The molecule has 0 saturated heterocycles. The topological polar surface area (TPSA) is 77.8 Å². The van der Waals surface area contributed by atoms with Gasteiger partial charge in [0.1, 0.15) is 17.2 Å². The van der Waals surface area contributed by atoms with Gasteiger partial charge in [0.25, 0.3) is 0 Å². The third-order valence-corrected chi connectivity index (χ3v) is 5.04. The molecular weight excluding hydrogens is 419 g/mol. The zero-order valence-corrected chi connectivity index (χ0v) is 17.9. The van der Waals surface area contributed by atoms with Crippen LogP contribution in [0.2, 0.25) is 5.02 Å². The van der Waals surface area contributed by atoms with Crippen molar-refractivity contribution in [3.8, 4) is 23.0 Å². The highest BCUT2D eigenvalue weighted by atomic mass is 35.5. The molecule has 0 radical (unpaired) electrons.